The quantitative estimate of drug-likeness (QED) is 0.458. The summed E-state index contributed by atoms with van der Waals surface area (Å²) in [5, 5.41) is 0. The van der Waals surface area contributed by atoms with Gasteiger partial charge < -0.3 is 9.47 Å². The lowest BCUT2D eigenvalue weighted by atomic mass is 9.82. The van der Waals surface area contributed by atoms with E-state index in [1.807, 2.05) is 27.7 Å². The molecule has 0 saturated heterocycles. The molecule has 0 spiro atoms. The van der Waals surface area contributed by atoms with Crippen LogP contribution in [0.2, 0.25) is 0 Å². The lowest BCUT2D eigenvalue weighted by Gasteiger charge is -2.29. The Bertz CT molecular complexity index is 375. The fraction of sp³-hybridized carbons (Fsp3) is 0.895. The standard InChI is InChI=1S/C19H36O4/c1-9-19(10-2,16(20)22-12-14(3)4)17(21)23-13-15(5)11-18(6,7)8/h14-15H,9-13H2,1-8H3. The molecule has 4 nitrogen and oxygen atoms in total. The van der Waals surface area contributed by atoms with Gasteiger partial charge >= 0.3 is 11.9 Å². The average Bonchev–Trinajstić information content (AvgIpc) is 2.42. The van der Waals surface area contributed by atoms with Gasteiger partial charge in [-0.25, -0.2) is 0 Å². The van der Waals surface area contributed by atoms with Gasteiger partial charge in [-0.05, 0) is 36.5 Å². The van der Waals surface area contributed by atoms with Crippen LogP contribution < -0.4 is 0 Å². The molecule has 0 aromatic heterocycles. The largest absolute Gasteiger partial charge is 0.465 e. The highest BCUT2D eigenvalue weighted by Crippen LogP contribution is 2.31. The van der Waals surface area contributed by atoms with E-state index in [1.165, 1.54) is 0 Å². The van der Waals surface area contributed by atoms with Gasteiger partial charge in [0, 0.05) is 0 Å². The summed E-state index contributed by atoms with van der Waals surface area (Å²) >= 11 is 0. The van der Waals surface area contributed by atoms with Crippen molar-refractivity contribution in [3.63, 3.8) is 0 Å². The number of carbonyl (C=O) groups excluding carboxylic acids is 2. The number of hydrogen-bond donors (Lipinski definition) is 0. The second kappa shape index (κ2) is 9.29. The van der Waals surface area contributed by atoms with E-state index in [0.717, 1.165) is 6.42 Å². The zero-order valence-corrected chi connectivity index (χ0v) is 16.3. The zero-order valence-electron chi connectivity index (χ0n) is 16.3. The lowest BCUT2D eigenvalue weighted by Crippen LogP contribution is -2.42. The Morgan fingerprint density at radius 1 is 0.870 bits per heavy atom. The fourth-order valence-electron chi connectivity index (χ4n) is 2.75. The van der Waals surface area contributed by atoms with E-state index in [2.05, 4.69) is 27.7 Å². The van der Waals surface area contributed by atoms with E-state index in [4.69, 9.17) is 9.47 Å². The second-order valence-corrected chi connectivity index (χ2v) is 8.25. The van der Waals surface area contributed by atoms with Gasteiger partial charge in [-0.2, -0.15) is 0 Å². The molecule has 0 aromatic rings. The Morgan fingerprint density at radius 2 is 1.30 bits per heavy atom. The summed E-state index contributed by atoms with van der Waals surface area (Å²) < 4.78 is 10.8. The van der Waals surface area contributed by atoms with Gasteiger partial charge in [0.2, 0.25) is 0 Å². The predicted octanol–water partition coefficient (Wildman–Crippen LogP) is 4.61. The van der Waals surface area contributed by atoms with Crippen LogP contribution in [0.3, 0.4) is 0 Å². The second-order valence-electron chi connectivity index (χ2n) is 8.25. The molecule has 0 aliphatic rings. The minimum absolute atomic E-state index is 0.189. The highest BCUT2D eigenvalue weighted by atomic mass is 16.6. The molecule has 0 fully saturated rings. The summed E-state index contributed by atoms with van der Waals surface area (Å²) in [5.41, 5.74) is -0.981. The Kier molecular flexibility index (Phi) is 8.86. The highest BCUT2D eigenvalue weighted by Gasteiger charge is 2.46. The molecule has 0 radical (unpaired) electrons. The Labute approximate surface area is 142 Å². The van der Waals surface area contributed by atoms with Crippen molar-refractivity contribution >= 4 is 11.9 Å². The first-order valence-corrected chi connectivity index (χ1v) is 8.83. The van der Waals surface area contributed by atoms with Crippen LogP contribution >= 0.6 is 0 Å². The fourth-order valence-corrected chi connectivity index (χ4v) is 2.75. The first-order valence-electron chi connectivity index (χ1n) is 8.83. The van der Waals surface area contributed by atoms with Crippen molar-refractivity contribution in [2.75, 3.05) is 13.2 Å². The molecule has 0 aromatic carbocycles. The van der Waals surface area contributed by atoms with E-state index in [-0.39, 0.29) is 17.3 Å². The topological polar surface area (TPSA) is 52.6 Å². The van der Waals surface area contributed by atoms with E-state index >= 15 is 0 Å². The molecule has 136 valence electrons. The number of rotatable bonds is 9. The number of hydrogen-bond acceptors (Lipinski definition) is 4. The van der Waals surface area contributed by atoms with Gasteiger partial charge in [0.15, 0.2) is 5.41 Å². The summed E-state index contributed by atoms with van der Waals surface area (Å²) in [6, 6.07) is 0. The van der Waals surface area contributed by atoms with Crippen LogP contribution in [0.4, 0.5) is 0 Å². The van der Waals surface area contributed by atoms with Crippen molar-refractivity contribution in [2.45, 2.75) is 74.7 Å². The molecule has 0 N–H and O–H groups in total. The third-order valence-electron chi connectivity index (χ3n) is 4.00. The summed E-state index contributed by atoms with van der Waals surface area (Å²) in [7, 11) is 0. The number of carbonyl (C=O) groups is 2. The van der Waals surface area contributed by atoms with Crippen LogP contribution in [0.25, 0.3) is 0 Å². The van der Waals surface area contributed by atoms with Gasteiger partial charge in [0.05, 0.1) is 13.2 Å². The van der Waals surface area contributed by atoms with E-state index in [0.29, 0.717) is 26.1 Å². The maximum atomic E-state index is 12.6. The molecule has 23 heavy (non-hydrogen) atoms. The molecule has 0 saturated carbocycles. The molecule has 4 heteroatoms. The average molecular weight is 328 g/mol. The first kappa shape index (κ1) is 21.9. The van der Waals surface area contributed by atoms with E-state index in [1.54, 1.807) is 0 Å². The van der Waals surface area contributed by atoms with Crippen molar-refractivity contribution in [3.8, 4) is 0 Å². The third-order valence-corrected chi connectivity index (χ3v) is 4.00. The predicted molar refractivity (Wildman–Crippen MR) is 93.0 cm³/mol. The molecule has 0 aliphatic carbocycles. The van der Waals surface area contributed by atoms with Gasteiger partial charge in [0.25, 0.3) is 0 Å². The Morgan fingerprint density at radius 3 is 1.65 bits per heavy atom. The van der Waals surface area contributed by atoms with Crippen molar-refractivity contribution in [1.82, 2.24) is 0 Å². The van der Waals surface area contributed by atoms with E-state index in [9.17, 15) is 9.59 Å². The van der Waals surface area contributed by atoms with Crippen LogP contribution in [0, 0.1) is 22.7 Å². The summed E-state index contributed by atoms with van der Waals surface area (Å²) in [5.74, 6) is -0.396. The maximum absolute atomic E-state index is 12.6. The molecule has 0 rings (SSSR count). The normalized spacial score (nSPS) is 13.8. The zero-order chi connectivity index (χ0) is 18.3. The maximum Gasteiger partial charge on any atom is 0.323 e. The van der Waals surface area contributed by atoms with Gasteiger partial charge in [-0.15, -0.1) is 0 Å². The van der Waals surface area contributed by atoms with Crippen molar-refractivity contribution < 1.29 is 19.1 Å². The molecular formula is C19H36O4. The lowest BCUT2D eigenvalue weighted by molar-refractivity contribution is -0.174. The summed E-state index contributed by atoms with van der Waals surface area (Å²) in [6.45, 7) is 16.8. The summed E-state index contributed by atoms with van der Waals surface area (Å²) in [4.78, 5) is 25.0. The van der Waals surface area contributed by atoms with Crippen LogP contribution in [-0.2, 0) is 19.1 Å². The van der Waals surface area contributed by atoms with Crippen molar-refractivity contribution in [1.29, 1.82) is 0 Å². The van der Waals surface area contributed by atoms with Gasteiger partial charge in [-0.3, -0.25) is 9.59 Å². The molecule has 0 bridgehead atoms. The monoisotopic (exact) mass is 328 g/mol. The molecule has 1 unspecified atom stereocenters. The molecule has 0 amide bonds. The SMILES string of the molecule is CCC(CC)(C(=O)OCC(C)C)C(=O)OCC(C)CC(C)(C)C. The van der Waals surface area contributed by atoms with E-state index < -0.39 is 17.4 Å². The third kappa shape index (κ3) is 7.36. The van der Waals surface area contributed by atoms with Crippen LogP contribution in [0.15, 0.2) is 0 Å². The van der Waals surface area contributed by atoms with Crippen LogP contribution in [0.5, 0.6) is 0 Å². The van der Waals surface area contributed by atoms with Crippen molar-refractivity contribution in [2.24, 2.45) is 22.7 Å². The molecule has 0 heterocycles. The van der Waals surface area contributed by atoms with Gasteiger partial charge in [0.1, 0.15) is 0 Å². The minimum atomic E-state index is -1.17. The number of esters is 2. The number of ether oxygens (including phenoxy) is 2. The highest BCUT2D eigenvalue weighted by molar-refractivity contribution is 6.00. The summed E-state index contributed by atoms with van der Waals surface area (Å²) in [6.07, 6.45) is 1.75. The van der Waals surface area contributed by atoms with Crippen LogP contribution in [-0.4, -0.2) is 25.2 Å². The first-order chi connectivity index (χ1) is 10.5. The van der Waals surface area contributed by atoms with Gasteiger partial charge in [-0.1, -0.05) is 55.4 Å². The smallest absolute Gasteiger partial charge is 0.323 e. The Balaban J connectivity index is 4.81. The molecule has 0 aliphatic heterocycles. The molecule has 1 atom stereocenters. The molecular weight excluding hydrogens is 292 g/mol. The van der Waals surface area contributed by atoms with Crippen LogP contribution in [0.1, 0.15) is 74.7 Å². The minimum Gasteiger partial charge on any atom is -0.465 e. The Hall–Kier alpha value is -1.06. The van der Waals surface area contributed by atoms with Crippen molar-refractivity contribution in [3.05, 3.63) is 0 Å².